The minimum Gasteiger partial charge on any atom is -0.461 e. The maximum absolute atomic E-state index is 13.1. The third kappa shape index (κ3) is 12.3. The molecule has 0 aliphatic carbocycles. The molecule has 4 atom stereocenters. The second kappa shape index (κ2) is 19.4. The van der Waals surface area contributed by atoms with Gasteiger partial charge < -0.3 is 14.8 Å². The second-order valence-electron chi connectivity index (χ2n) is 10.5. The van der Waals surface area contributed by atoms with Crippen molar-refractivity contribution in [1.82, 2.24) is 5.32 Å². The van der Waals surface area contributed by atoms with Crippen LogP contribution in [0, 0.1) is 5.92 Å². The normalized spacial score (nSPS) is 18.4. The minimum atomic E-state index is -0.759. The molecule has 212 valence electrons. The van der Waals surface area contributed by atoms with Gasteiger partial charge in [-0.05, 0) is 37.7 Å². The van der Waals surface area contributed by atoms with E-state index in [1.807, 2.05) is 30.3 Å². The lowest BCUT2D eigenvalue weighted by Crippen LogP contribution is -2.48. The number of hydrogen-bond donors (Lipinski definition) is 1. The third-order valence-electron chi connectivity index (χ3n) is 7.30. The first kappa shape index (κ1) is 31.6. The van der Waals surface area contributed by atoms with E-state index in [0.29, 0.717) is 25.7 Å². The molecular weight excluding hydrogens is 478 g/mol. The summed E-state index contributed by atoms with van der Waals surface area (Å²) in [7, 11) is 0. The van der Waals surface area contributed by atoms with E-state index in [1.54, 1.807) is 0 Å². The lowest BCUT2D eigenvalue weighted by atomic mass is 9.86. The van der Waals surface area contributed by atoms with Crippen molar-refractivity contribution < 1.29 is 23.9 Å². The molecule has 1 amide bonds. The molecule has 0 bridgehead atoms. The molecule has 2 rings (SSSR count). The van der Waals surface area contributed by atoms with Gasteiger partial charge in [-0.1, -0.05) is 108 Å². The monoisotopic (exact) mass is 527 g/mol. The fraction of sp³-hybridized carbons (Fsp3) is 0.656. The lowest BCUT2D eigenvalue weighted by molar-refractivity contribution is -0.190. The van der Waals surface area contributed by atoms with Crippen molar-refractivity contribution in [3.05, 3.63) is 48.0 Å². The van der Waals surface area contributed by atoms with Crippen molar-refractivity contribution in [3.8, 4) is 0 Å². The molecule has 0 spiro atoms. The molecule has 1 aliphatic heterocycles. The summed E-state index contributed by atoms with van der Waals surface area (Å²) in [6.45, 7) is 4.39. The van der Waals surface area contributed by atoms with E-state index < -0.39 is 12.0 Å². The Morgan fingerprint density at radius 1 is 0.974 bits per heavy atom. The minimum absolute atomic E-state index is 0.111. The van der Waals surface area contributed by atoms with Gasteiger partial charge in [0.15, 0.2) is 0 Å². The Bertz CT molecular complexity index is 824. The fourth-order valence-corrected chi connectivity index (χ4v) is 4.96. The Hall–Kier alpha value is -2.63. The summed E-state index contributed by atoms with van der Waals surface area (Å²) >= 11 is 0. The highest BCUT2D eigenvalue weighted by molar-refractivity contribution is 5.79. The summed E-state index contributed by atoms with van der Waals surface area (Å²) in [5.41, 5.74) is 0.947. The van der Waals surface area contributed by atoms with Gasteiger partial charge in [0.25, 0.3) is 0 Å². The SMILES string of the molecule is CCCCCCC/C=C/CCC(CC1OC(=O)C1CCCCCC)OC(=O)C(Cc1ccccc1)NC=O. The zero-order valence-corrected chi connectivity index (χ0v) is 23.6. The number of rotatable bonds is 22. The van der Waals surface area contributed by atoms with E-state index in [0.717, 1.165) is 44.1 Å². The van der Waals surface area contributed by atoms with Crippen molar-refractivity contribution in [2.75, 3.05) is 0 Å². The van der Waals surface area contributed by atoms with Crippen LogP contribution in [0.4, 0.5) is 0 Å². The molecule has 1 aromatic rings. The summed E-state index contributed by atoms with van der Waals surface area (Å²) in [5.74, 6) is -0.694. The molecule has 1 heterocycles. The molecule has 0 aromatic heterocycles. The smallest absolute Gasteiger partial charge is 0.329 e. The van der Waals surface area contributed by atoms with Gasteiger partial charge in [0.2, 0.25) is 6.41 Å². The van der Waals surface area contributed by atoms with Crippen LogP contribution in [-0.2, 0) is 30.3 Å². The number of esters is 2. The molecule has 1 fully saturated rings. The molecule has 6 nitrogen and oxygen atoms in total. The average molecular weight is 528 g/mol. The van der Waals surface area contributed by atoms with E-state index in [1.165, 1.54) is 38.5 Å². The molecule has 0 saturated carbocycles. The van der Waals surface area contributed by atoms with Gasteiger partial charge in [-0.2, -0.15) is 0 Å². The van der Waals surface area contributed by atoms with Gasteiger partial charge in [-0.25, -0.2) is 4.79 Å². The van der Waals surface area contributed by atoms with Gasteiger partial charge in [0, 0.05) is 12.8 Å². The van der Waals surface area contributed by atoms with E-state index in [-0.39, 0.29) is 24.1 Å². The number of nitrogens with one attached hydrogen (secondary N) is 1. The summed E-state index contributed by atoms with van der Waals surface area (Å²) < 4.78 is 11.5. The summed E-state index contributed by atoms with van der Waals surface area (Å²) in [4.78, 5) is 36.5. The van der Waals surface area contributed by atoms with Gasteiger partial charge in [0.05, 0.1) is 5.92 Å². The largest absolute Gasteiger partial charge is 0.461 e. The predicted octanol–water partition coefficient (Wildman–Crippen LogP) is 6.85. The zero-order chi connectivity index (χ0) is 27.4. The molecule has 1 aliphatic rings. The predicted molar refractivity (Wildman–Crippen MR) is 152 cm³/mol. The number of allylic oxidation sites excluding steroid dienone is 2. The van der Waals surface area contributed by atoms with Gasteiger partial charge >= 0.3 is 11.9 Å². The Labute approximate surface area is 229 Å². The highest BCUT2D eigenvalue weighted by Crippen LogP contribution is 2.32. The fourth-order valence-electron chi connectivity index (χ4n) is 4.96. The molecule has 38 heavy (non-hydrogen) atoms. The van der Waals surface area contributed by atoms with E-state index in [4.69, 9.17) is 9.47 Å². The number of unbranched alkanes of at least 4 members (excludes halogenated alkanes) is 8. The van der Waals surface area contributed by atoms with Crippen molar-refractivity contribution in [2.45, 2.75) is 128 Å². The van der Waals surface area contributed by atoms with Crippen LogP contribution in [0.25, 0.3) is 0 Å². The summed E-state index contributed by atoms with van der Waals surface area (Å²) in [5, 5.41) is 2.62. The lowest BCUT2D eigenvalue weighted by Gasteiger charge is -2.37. The maximum Gasteiger partial charge on any atom is 0.329 e. The summed E-state index contributed by atoms with van der Waals surface area (Å²) in [6.07, 6.45) is 19.3. The van der Waals surface area contributed by atoms with Gasteiger partial charge in [-0.3, -0.25) is 9.59 Å². The average Bonchev–Trinajstić information content (AvgIpc) is 2.91. The van der Waals surface area contributed by atoms with Crippen LogP contribution >= 0.6 is 0 Å². The van der Waals surface area contributed by atoms with E-state index in [9.17, 15) is 14.4 Å². The third-order valence-corrected chi connectivity index (χ3v) is 7.30. The van der Waals surface area contributed by atoms with Crippen LogP contribution in [0.15, 0.2) is 42.5 Å². The molecule has 4 unspecified atom stereocenters. The number of carbonyl (C=O) groups excluding carboxylic acids is 3. The molecular formula is C32H49NO5. The Balaban J connectivity index is 1.94. The molecule has 1 N–H and O–H groups in total. The topological polar surface area (TPSA) is 81.7 Å². The van der Waals surface area contributed by atoms with Crippen LogP contribution in [0.2, 0.25) is 0 Å². The van der Waals surface area contributed by atoms with Gasteiger partial charge in [-0.15, -0.1) is 0 Å². The Morgan fingerprint density at radius 2 is 1.66 bits per heavy atom. The Kier molecular flexibility index (Phi) is 16.2. The highest BCUT2D eigenvalue weighted by atomic mass is 16.6. The van der Waals surface area contributed by atoms with Gasteiger partial charge in [0.1, 0.15) is 18.2 Å². The highest BCUT2D eigenvalue weighted by Gasteiger charge is 2.43. The molecule has 0 radical (unpaired) electrons. The van der Waals surface area contributed by atoms with Crippen LogP contribution < -0.4 is 5.32 Å². The van der Waals surface area contributed by atoms with E-state index >= 15 is 0 Å². The van der Waals surface area contributed by atoms with Crippen LogP contribution in [0.5, 0.6) is 0 Å². The van der Waals surface area contributed by atoms with Crippen molar-refractivity contribution in [2.24, 2.45) is 5.92 Å². The number of carbonyl (C=O) groups is 3. The summed E-state index contributed by atoms with van der Waals surface area (Å²) in [6, 6.07) is 8.82. The van der Waals surface area contributed by atoms with Crippen molar-refractivity contribution >= 4 is 18.3 Å². The maximum atomic E-state index is 13.1. The quantitative estimate of drug-likeness (QED) is 0.0771. The second-order valence-corrected chi connectivity index (χ2v) is 10.5. The zero-order valence-electron chi connectivity index (χ0n) is 23.6. The number of ether oxygens (including phenoxy) is 2. The van der Waals surface area contributed by atoms with Crippen LogP contribution in [0.3, 0.4) is 0 Å². The van der Waals surface area contributed by atoms with Crippen molar-refractivity contribution in [1.29, 1.82) is 0 Å². The molecule has 1 aromatic carbocycles. The van der Waals surface area contributed by atoms with Crippen molar-refractivity contribution in [3.63, 3.8) is 0 Å². The number of benzene rings is 1. The Morgan fingerprint density at radius 3 is 2.34 bits per heavy atom. The van der Waals surface area contributed by atoms with Crippen LogP contribution in [-0.4, -0.2) is 36.6 Å². The first-order chi connectivity index (χ1) is 18.6. The first-order valence-electron chi connectivity index (χ1n) is 14.9. The number of amides is 1. The van der Waals surface area contributed by atoms with E-state index in [2.05, 4.69) is 31.3 Å². The standard InChI is InChI=1S/C32H49NO5/c1-3-5-7-9-10-11-12-13-17-21-27(24-30-28(31(35)38-30)22-18-8-6-4-2)37-32(36)29(33-25-34)23-26-19-15-14-16-20-26/h12-16,19-20,25,27-30H,3-11,17-18,21-24H2,1-2H3,(H,33,34)/b13-12+. The number of hydrogen-bond acceptors (Lipinski definition) is 5. The number of cyclic esters (lactones) is 1. The first-order valence-corrected chi connectivity index (χ1v) is 14.9. The van der Waals surface area contributed by atoms with Crippen LogP contribution in [0.1, 0.15) is 109 Å². The molecule has 1 saturated heterocycles. The molecule has 6 heteroatoms.